The average molecular weight is 363 g/mol. The number of sulfonamides is 1. The first-order valence-corrected chi connectivity index (χ1v) is 8.68. The second-order valence-corrected chi connectivity index (χ2v) is 7.43. The van der Waals surface area contributed by atoms with Gasteiger partial charge in [-0.25, -0.2) is 8.42 Å². The zero-order valence-corrected chi connectivity index (χ0v) is 14.5. The Bertz CT molecular complexity index is 690. The molecular formula is C14H19ClN2O5S. The van der Waals surface area contributed by atoms with Crippen molar-refractivity contribution >= 4 is 33.5 Å². The van der Waals surface area contributed by atoms with E-state index < -0.39 is 40.0 Å². The first-order chi connectivity index (χ1) is 10.5. The van der Waals surface area contributed by atoms with Crippen LogP contribution in [0.4, 0.5) is 0 Å². The number of ether oxygens (including phenoxy) is 1. The van der Waals surface area contributed by atoms with E-state index in [0.717, 1.165) is 0 Å². The summed E-state index contributed by atoms with van der Waals surface area (Å²) < 4.78 is 31.8. The number of nitrogens with two attached hydrogens (primary N) is 1. The van der Waals surface area contributed by atoms with E-state index in [1.54, 1.807) is 13.8 Å². The van der Waals surface area contributed by atoms with Crippen molar-refractivity contribution in [3.05, 3.63) is 29.3 Å². The molecule has 1 aromatic carbocycles. The Hall–Kier alpha value is -1.64. The van der Waals surface area contributed by atoms with E-state index in [9.17, 15) is 18.0 Å². The number of rotatable bonds is 7. The second-order valence-electron chi connectivity index (χ2n) is 5.28. The number of carbonyl (C=O) groups excluding carboxylic acids is 2. The Morgan fingerprint density at radius 1 is 1.26 bits per heavy atom. The van der Waals surface area contributed by atoms with E-state index in [1.165, 1.54) is 31.2 Å². The lowest BCUT2D eigenvalue weighted by Gasteiger charge is -2.22. The Kier molecular flexibility index (Phi) is 6.55. The molecule has 0 saturated carbocycles. The van der Waals surface area contributed by atoms with Crippen LogP contribution in [0.15, 0.2) is 29.2 Å². The van der Waals surface area contributed by atoms with E-state index in [1.807, 2.05) is 0 Å². The summed E-state index contributed by atoms with van der Waals surface area (Å²) >= 11 is 5.78. The third kappa shape index (κ3) is 5.49. The summed E-state index contributed by atoms with van der Waals surface area (Å²) in [5, 5.41) is 0.249. The minimum Gasteiger partial charge on any atom is -0.451 e. The molecular weight excluding hydrogens is 344 g/mol. The monoisotopic (exact) mass is 362 g/mol. The van der Waals surface area contributed by atoms with E-state index in [2.05, 4.69) is 4.72 Å². The molecule has 0 radical (unpaired) electrons. The summed E-state index contributed by atoms with van der Waals surface area (Å²) in [6.45, 7) is 4.59. The SMILES string of the molecule is CC(C)[C@H](NS(=O)(=O)c1cccc(Cl)c1)C(=O)O[C@H](C)C(N)=O. The maximum Gasteiger partial charge on any atom is 0.325 e. The number of hydrogen-bond acceptors (Lipinski definition) is 5. The fourth-order valence-corrected chi connectivity index (χ4v) is 3.26. The van der Waals surface area contributed by atoms with Gasteiger partial charge in [-0.05, 0) is 31.0 Å². The maximum absolute atomic E-state index is 12.4. The molecule has 2 atom stereocenters. The van der Waals surface area contributed by atoms with Gasteiger partial charge in [-0.2, -0.15) is 4.72 Å². The summed E-state index contributed by atoms with van der Waals surface area (Å²) in [5.41, 5.74) is 5.03. The number of nitrogens with one attached hydrogen (secondary N) is 1. The molecule has 128 valence electrons. The van der Waals surface area contributed by atoms with Gasteiger partial charge in [0.2, 0.25) is 10.0 Å². The van der Waals surface area contributed by atoms with Crippen LogP contribution in [0.25, 0.3) is 0 Å². The predicted octanol–water partition coefficient (Wildman–Crippen LogP) is 1.06. The van der Waals surface area contributed by atoms with E-state index in [-0.39, 0.29) is 9.92 Å². The third-order valence-corrected chi connectivity index (χ3v) is 4.68. The molecule has 0 fully saturated rings. The van der Waals surface area contributed by atoms with Crippen molar-refractivity contribution in [2.45, 2.75) is 37.8 Å². The number of halogens is 1. The number of esters is 1. The Balaban J connectivity index is 2.99. The molecule has 1 amide bonds. The quantitative estimate of drug-likeness (QED) is 0.703. The van der Waals surface area contributed by atoms with Crippen molar-refractivity contribution in [2.24, 2.45) is 11.7 Å². The van der Waals surface area contributed by atoms with Gasteiger partial charge >= 0.3 is 5.97 Å². The lowest BCUT2D eigenvalue weighted by Crippen LogP contribution is -2.47. The third-order valence-electron chi connectivity index (χ3n) is 3.00. The Morgan fingerprint density at radius 2 is 1.87 bits per heavy atom. The van der Waals surface area contributed by atoms with Gasteiger partial charge in [-0.15, -0.1) is 0 Å². The highest BCUT2D eigenvalue weighted by molar-refractivity contribution is 7.89. The topological polar surface area (TPSA) is 116 Å². The highest BCUT2D eigenvalue weighted by Gasteiger charge is 2.31. The van der Waals surface area contributed by atoms with Gasteiger partial charge < -0.3 is 10.5 Å². The zero-order chi connectivity index (χ0) is 17.8. The van der Waals surface area contributed by atoms with Gasteiger partial charge in [0, 0.05) is 5.02 Å². The largest absolute Gasteiger partial charge is 0.451 e. The van der Waals surface area contributed by atoms with Crippen molar-refractivity contribution in [2.75, 3.05) is 0 Å². The molecule has 23 heavy (non-hydrogen) atoms. The number of amides is 1. The molecule has 7 nitrogen and oxygen atoms in total. The summed E-state index contributed by atoms with van der Waals surface area (Å²) in [6, 6.07) is 4.46. The van der Waals surface area contributed by atoms with Gasteiger partial charge in [0.25, 0.3) is 5.91 Å². The number of benzene rings is 1. The van der Waals surface area contributed by atoms with Crippen LogP contribution in [0.2, 0.25) is 5.02 Å². The van der Waals surface area contributed by atoms with E-state index >= 15 is 0 Å². The molecule has 0 unspecified atom stereocenters. The van der Waals surface area contributed by atoms with Gasteiger partial charge in [-0.3, -0.25) is 9.59 Å². The van der Waals surface area contributed by atoms with E-state index in [0.29, 0.717) is 0 Å². The first kappa shape index (κ1) is 19.4. The van der Waals surface area contributed by atoms with Gasteiger partial charge in [0.1, 0.15) is 6.04 Å². The molecule has 0 bridgehead atoms. The standard InChI is InChI=1S/C14H19ClN2O5S/c1-8(2)12(14(19)22-9(3)13(16)18)17-23(20,21)11-6-4-5-10(15)7-11/h4-9,12,17H,1-3H3,(H2,16,18)/t9-,12+/m1/s1. The van der Waals surface area contributed by atoms with Crippen LogP contribution in [0.1, 0.15) is 20.8 Å². The molecule has 0 aliphatic rings. The van der Waals surface area contributed by atoms with Crippen LogP contribution in [0.5, 0.6) is 0 Å². The van der Waals surface area contributed by atoms with Crippen molar-refractivity contribution in [1.29, 1.82) is 0 Å². The Labute approximate surface area is 140 Å². The highest BCUT2D eigenvalue weighted by Crippen LogP contribution is 2.17. The fourth-order valence-electron chi connectivity index (χ4n) is 1.63. The molecule has 0 aliphatic heterocycles. The first-order valence-electron chi connectivity index (χ1n) is 6.82. The van der Waals surface area contributed by atoms with Crippen molar-refractivity contribution < 1.29 is 22.7 Å². The molecule has 0 spiro atoms. The van der Waals surface area contributed by atoms with Crippen LogP contribution >= 0.6 is 11.6 Å². The molecule has 0 aliphatic carbocycles. The van der Waals surface area contributed by atoms with Crippen LogP contribution < -0.4 is 10.5 Å². The lowest BCUT2D eigenvalue weighted by molar-refractivity contribution is -0.156. The van der Waals surface area contributed by atoms with Crippen LogP contribution in [-0.4, -0.2) is 32.4 Å². The van der Waals surface area contributed by atoms with Gasteiger partial charge in [0.05, 0.1) is 4.90 Å². The summed E-state index contributed by atoms with van der Waals surface area (Å²) in [4.78, 5) is 23.0. The number of hydrogen-bond donors (Lipinski definition) is 2. The lowest BCUT2D eigenvalue weighted by atomic mass is 10.1. The maximum atomic E-state index is 12.4. The molecule has 3 N–H and O–H groups in total. The smallest absolute Gasteiger partial charge is 0.325 e. The fraction of sp³-hybridized carbons (Fsp3) is 0.429. The zero-order valence-electron chi connectivity index (χ0n) is 12.9. The average Bonchev–Trinajstić information content (AvgIpc) is 2.44. The van der Waals surface area contributed by atoms with Gasteiger partial charge in [-0.1, -0.05) is 31.5 Å². The van der Waals surface area contributed by atoms with Crippen LogP contribution in [0, 0.1) is 5.92 Å². The summed E-state index contributed by atoms with van der Waals surface area (Å²) in [6.07, 6.45) is -1.15. The predicted molar refractivity (Wildman–Crippen MR) is 85.1 cm³/mol. The molecule has 0 heterocycles. The van der Waals surface area contributed by atoms with Crippen molar-refractivity contribution in [3.8, 4) is 0 Å². The molecule has 0 aromatic heterocycles. The molecule has 1 rings (SSSR count). The van der Waals surface area contributed by atoms with Gasteiger partial charge in [0.15, 0.2) is 6.10 Å². The minimum absolute atomic E-state index is 0.0774. The summed E-state index contributed by atoms with van der Waals surface area (Å²) in [7, 11) is -3.98. The van der Waals surface area contributed by atoms with E-state index in [4.69, 9.17) is 22.1 Å². The Morgan fingerprint density at radius 3 is 2.35 bits per heavy atom. The van der Waals surface area contributed by atoms with Crippen LogP contribution in [-0.2, 0) is 24.3 Å². The number of carbonyl (C=O) groups is 2. The van der Waals surface area contributed by atoms with Crippen molar-refractivity contribution in [1.82, 2.24) is 4.72 Å². The number of primary amides is 1. The molecule has 0 saturated heterocycles. The molecule has 9 heteroatoms. The molecule has 1 aromatic rings. The summed E-state index contributed by atoms with van der Waals surface area (Å²) in [5.74, 6) is -2.10. The highest BCUT2D eigenvalue weighted by atomic mass is 35.5. The second kappa shape index (κ2) is 7.76. The minimum atomic E-state index is -3.98. The normalized spacial score (nSPS) is 14.3. The van der Waals surface area contributed by atoms with Crippen LogP contribution in [0.3, 0.4) is 0 Å². The van der Waals surface area contributed by atoms with Crippen molar-refractivity contribution in [3.63, 3.8) is 0 Å².